The van der Waals surface area contributed by atoms with Gasteiger partial charge in [-0.25, -0.2) is 4.79 Å². The van der Waals surface area contributed by atoms with Crippen molar-refractivity contribution in [3.8, 4) is 17.2 Å². The largest absolute Gasteiger partial charge is 0.493 e. The number of halogens is 3. The van der Waals surface area contributed by atoms with Crippen LogP contribution in [0, 0.1) is 11.8 Å². The minimum absolute atomic E-state index is 0.117. The third-order valence-corrected chi connectivity index (χ3v) is 4.29. The number of carboxylic acid groups (broad SMARTS) is 1. The average molecular weight is 392 g/mol. The number of amides is 2. The van der Waals surface area contributed by atoms with Crippen molar-refractivity contribution >= 4 is 17.7 Å². The van der Waals surface area contributed by atoms with Gasteiger partial charge < -0.3 is 29.5 Å². The van der Waals surface area contributed by atoms with Crippen molar-refractivity contribution in [3.05, 3.63) is 12.1 Å². The summed E-state index contributed by atoms with van der Waals surface area (Å²) in [7, 11) is 4.09. The normalized spacial score (nSPS) is 19.6. The molecule has 2 rings (SSSR count). The number of hydrogen-bond donors (Lipinski definition) is 2. The Morgan fingerprint density at radius 3 is 2.19 bits per heavy atom. The van der Waals surface area contributed by atoms with E-state index >= 15 is 0 Å². The fraction of sp³-hybridized carbons (Fsp3) is 0.500. The summed E-state index contributed by atoms with van der Waals surface area (Å²) in [4.78, 5) is 24.3. The van der Waals surface area contributed by atoms with E-state index < -0.39 is 43.1 Å². The van der Waals surface area contributed by atoms with Gasteiger partial charge in [-0.1, -0.05) is 0 Å². The minimum atomic E-state index is -4.72. The van der Waals surface area contributed by atoms with Gasteiger partial charge in [0.2, 0.25) is 5.75 Å². The number of methoxy groups -OCH3 is 3. The molecule has 2 N–H and O–H groups in total. The Morgan fingerprint density at radius 2 is 1.74 bits per heavy atom. The van der Waals surface area contributed by atoms with Gasteiger partial charge >= 0.3 is 18.2 Å². The first-order valence-corrected chi connectivity index (χ1v) is 7.78. The number of benzene rings is 1. The molecule has 0 aromatic heterocycles. The Morgan fingerprint density at radius 1 is 1.11 bits per heavy atom. The Balaban J connectivity index is 2.24. The first kappa shape index (κ1) is 20.5. The molecule has 0 saturated carbocycles. The van der Waals surface area contributed by atoms with E-state index in [1.807, 2.05) is 0 Å². The number of carboxylic acids is 1. The quantitative estimate of drug-likeness (QED) is 0.799. The third kappa shape index (κ3) is 4.12. The van der Waals surface area contributed by atoms with Gasteiger partial charge in [-0.15, -0.1) is 0 Å². The molecule has 1 aliphatic heterocycles. The molecule has 1 fully saturated rings. The van der Waals surface area contributed by atoms with E-state index in [9.17, 15) is 22.8 Å². The van der Waals surface area contributed by atoms with Crippen molar-refractivity contribution in [3.63, 3.8) is 0 Å². The van der Waals surface area contributed by atoms with Gasteiger partial charge in [-0.05, 0) is 12.1 Å². The molecule has 0 radical (unpaired) electrons. The molecule has 0 bridgehead atoms. The Kier molecular flexibility index (Phi) is 5.91. The standard InChI is InChI=1S/C16H19F3N2O6/c1-25-11-5-4-10(12(26-2)13(11)27-3)20-15(24)21-6-8(14(22)23)9(7-21)16(17,18)19/h4-5,8-9H,6-7H2,1-3H3,(H,20,24)(H,22,23)/t8-,9-/m1/s1. The molecule has 1 aliphatic rings. The SMILES string of the molecule is COc1ccc(NC(=O)N2C[C@@H](C(F)(F)F)[C@H](C(=O)O)C2)c(OC)c1OC. The number of ether oxygens (including phenoxy) is 3. The second-order valence-electron chi connectivity index (χ2n) is 5.81. The summed E-state index contributed by atoms with van der Waals surface area (Å²) in [5.41, 5.74) is 0.141. The summed E-state index contributed by atoms with van der Waals surface area (Å²) >= 11 is 0. The van der Waals surface area contributed by atoms with Crippen molar-refractivity contribution in [2.24, 2.45) is 11.8 Å². The van der Waals surface area contributed by atoms with Gasteiger partial charge in [0.05, 0.1) is 38.9 Å². The van der Waals surface area contributed by atoms with Gasteiger partial charge in [0.15, 0.2) is 11.5 Å². The minimum Gasteiger partial charge on any atom is -0.493 e. The molecule has 2 atom stereocenters. The number of alkyl halides is 3. The van der Waals surface area contributed by atoms with Crippen LogP contribution in [0.15, 0.2) is 12.1 Å². The van der Waals surface area contributed by atoms with E-state index in [1.54, 1.807) is 0 Å². The maximum absolute atomic E-state index is 13.1. The lowest BCUT2D eigenvalue weighted by atomic mass is 9.96. The van der Waals surface area contributed by atoms with Crippen LogP contribution in [0.1, 0.15) is 0 Å². The van der Waals surface area contributed by atoms with Crippen LogP contribution in [0.5, 0.6) is 17.2 Å². The fourth-order valence-corrected chi connectivity index (χ4v) is 2.95. The number of carbonyl (C=O) groups excluding carboxylic acids is 1. The zero-order chi connectivity index (χ0) is 20.4. The lowest BCUT2D eigenvalue weighted by molar-refractivity contribution is -0.187. The number of carbonyl (C=O) groups is 2. The predicted molar refractivity (Wildman–Crippen MR) is 87.4 cm³/mol. The fourth-order valence-electron chi connectivity index (χ4n) is 2.95. The Labute approximate surface area is 152 Å². The van der Waals surface area contributed by atoms with E-state index in [1.165, 1.54) is 33.5 Å². The van der Waals surface area contributed by atoms with E-state index in [4.69, 9.17) is 19.3 Å². The van der Waals surface area contributed by atoms with E-state index in [-0.39, 0.29) is 17.2 Å². The van der Waals surface area contributed by atoms with Gasteiger partial charge in [0, 0.05) is 13.1 Å². The molecule has 11 heteroatoms. The lowest BCUT2D eigenvalue weighted by Gasteiger charge is -2.20. The molecule has 0 unspecified atom stereocenters. The van der Waals surface area contributed by atoms with Gasteiger partial charge in [0.25, 0.3) is 0 Å². The molecule has 1 heterocycles. The van der Waals surface area contributed by atoms with Crippen LogP contribution in [-0.4, -0.2) is 62.6 Å². The third-order valence-electron chi connectivity index (χ3n) is 4.29. The summed E-state index contributed by atoms with van der Waals surface area (Å²) in [5.74, 6) is -4.81. The van der Waals surface area contributed by atoms with Crippen molar-refractivity contribution in [2.45, 2.75) is 6.18 Å². The second kappa shape index (κ2) is 7.80. The number of anilines is 1. The Bertz CT molecular complexity index is 725. The number of rotatable bonds is 5. The number of nitrogens with one attached hydrogen (secondary N) is 1. The molecule has 0 spiro atoms. The maximum atomic E-state index is 13.1. The summed E-state index contributed by atoms with van der Waals surface area (Å²) in [6, 6.07) is 2.04. The van der Waals surface area contributed by atoms with Crippen LogP contribution < -0.4 is 19.5 Å². The number of urea groups is 1. The smallest absolute Gasteiger partial charge is 0.394 e. The highest BCUT2D eigenvalue weighted by Gasteiger charge is 2.53. The van der Waals surface area contributed by atoms with Crippen LogP contribution in [0.25, 0.3) is 0 Å². The van der Waals surface area contributed by atoms with E-state index in [0.29, 0.717) is 5.75 Å². The number of likely N-dealkylation sites (tertiary alicyclic amines) is 1. The van der Waals surface area contributed by atoms with Crippen molar-refractivity contribution in [1.82, 2.24) is 4.90 Å². The van der Waals surface area contributed by atoms with Crippen molar-refractivity contribution < 1.29 is 42.1 Å². The monoisotopic (exact) mass is 392 g/mol. The highest BCUT2D eigenvalue weighted by Crippen LogP contribution is 2.43. The summed E-state index contributed by atoms with van der Waals surface area (Å²) in [5, 5.41) is 11.5. The summed E-state index contributed by atoms with van der Waals surface area (Å²) < 4.78 is 54.7. The maximum Gasteiger partial charge on any atom is 0.394 e. The Hall–Kier alpha value is -2.85. The summed E-state index contributed by atoms with van der Waals surface area (Å²) in [6.07, 6.45) is -4.72. The summed E-state index contributed by atoms with van der Waals surface area (Å²) in [6.45, 7) is -1.30. The number of hydrogen-bond acceptors (Lipinski definition) is 5. The molecule has 0 aliphatic carbocycles. The van der Waals surface area contributed by atoms with Crippen LogP contribution in [0.2, 0.25) is 0 Å². The average Bonchev–Trinajstić information content (AvgIpc) is 3.07. The zero-order valence-corrected chi connectivity index (χ0v) is 14.8. The first-order chi connectivity index (χ1) is 12.6. The topological polar surface area (TPSA) is 97.3 Å². The molecule has 1 saturated heterocycles. The predicted octanol–water partition coefficient (Wildman–Crippen LogP) is 2.44. The molecule has 150 valence electrons. The molecule has 1 aromatic rings. The van der Waals surface area contributed by atoms with E-state index in [2.05, 4.69) is 5.32 Å². The van der Waals surface area contributed by atoms with Crippen LogP contribution in [0.4, 0.5) is 23.7 Å². The van der Waals surface area contributed by atoms with Crippen LogP contribution in [0.3, 0.4) is 0 Å². The molecule has 1 aromatic carbocycles. The zero-order valence-electron chi connectivity index (χ0n) is 14.8. The molecular weight excluding hydrogens is 373 g/mol. The second-order valence-corrected chi connectivity index (χ2v) is 5.81. The van der Waals surface area contributed by atoms with Crippen LogP contribution >= 0.6 is 0 Å². The van der Waals surface area contributed by atoms with Crippen LogP contribution in [-0.2, 0) is 4.79 Å². The number of aliphatic carboxylic acids is 1. The van der Waals surface area contributed by atoms with Gasteiger partial charge in [0.1, 0.15) is 0 Å². The highest BCUT2D eigenvalue weighted by atomic mass is 19.4. The first-order valence-electron chi connectivity index (χ1n) is 7.78. The molecule has 27 heavy (non-hydrogen) atoms. The number of nitrogens with zero attached hydrogens (tertiary/aromatic N) is 1. The van der Waals surface area contributed by atoms with Crippen molar-refractivity contribution in [1.29, 1.82) is 0 Å². The molecular formula is C16H19F3N2O6. The highest BCUT2D eigenvalue weighted by molar-refractivity contribution is 5.92. The van der Waals surface area contributed by atoms with Crippen molar-refractivity contribution in [2.75, 3.05) is 39.7 Å². The van der Waals surface area contributed by atoms with Gasteiger partial charge in [-0.3, -0.25) is 4.79 Å². The molecule has 2 amide bonds. The van der Waals surface area contributed by atoms with E-state index in [0.717, 1.165) is 4.90 Å². The lowest BCUT2D eigenvalue weighted by Crippen LogP contribution is -2.35. The molecule has 8 nitrogen and oxygen atoms in total. The van der Waals surface area contributed by atoms with Gasteiger partial charge in [-0.2, -0.15) is 13.2 Å².